The average Bonchev–Trinajstić information content (AvgIpc) is 2.72. The minimum atomic E-state index is -0.871. The van der Waals surface area contributed by atoms with Crippen molar-refractivity contribution in [1.29, 1.82) is 0 Å². The lowest BCUT2D eigenvalue weighted by molar-refractivity contribution is -0.124. The number of aryl methyl sites for hydroxylation is 1. The maximum Gasteiger partial charge on any atom is 0.374 e. The second kappa shape index (κ2) is 9.05. The monoisotopic (exact) mass is 395 g/mol. The first-order valence-corrected chi connectivity index (χ1v) is 9.08. The number of rotatable bonds is 7. The summed E-state index contributed by atoms with van der Waals surface area (Å²) < 4.78 is 15.7. The minimum Gasteiger partial charge on any atom is -0.496 e. The van der Waals surface area contributed by atoms with Crippen molar-refractivity contribution >= 4 is 22.8 Å². The Morgan fingerprint density at radius 1 is 1.10 bits per heavy atom. The van der Waals surface area contributed by atoms with E-state index >= 15 is 0 Å². The summed E-state index contributed by atoms with van der Waals surface area (Å²) in [4.78, 5) is 36.2. The lowest BCUT2D eigenvalue weighted by Gasteiger charge is -2.09. The molecule has 0 atom stereocenters. The molecule has 2 aromatic carbocycles. The molecule has 0 unspecified atom stereocenters. The third-order valence-electron chi connectivity index (χ3n) is 4.33. The molecule has 0 aliphatic carbocycles. The van der Waals surface area contributed by atoms with E-state index in [1.807, 2.05) is 31.2 Å². The highest BCUT2D eigenvalue weighted by molar-refractivity contribution is 5.90. The van der Waals surface area contributed by atoms with Crippen molar-refractivity contribution in [3.05, 3.63) is 75.6 Å². The van der Waals surface area contributed by atoms with Crippen LogP contribution in [0.4, 0.5) is 0 Å². The zero-order chi connectivity index (χ0) is 20.8. The van der Waals surface area contributed by atoms with Crippen LogP contribution in [0.1, 0.15) is 21.7 Å². The van der Waals surface area contributed by atoms with Crippen LogP contribution in [0.5, 0.6) is 5.75 Å². The van der Waals surface area contributed by atoms with E-state index in [0.29, 0.717) is 18.4 Å². The topological polar surface area (TPSA) is 94.8 Å². The predicted molar refractivity (Wildman–Crippen MR) is 107 cm³/mol. The van der Waals surface area contributed by atoms with Crippen LogP contribution in [0.2, 0.25) is 0 Å². The van der Waals surface area contributed by atoms with Gasteiger partial charge in [0, 0.05) is 12.6 Å². The molecule has 0 saturated heterocycles. The zero-order valence-electron chi connectivity index (χ0n) is 16.2. The summed E-state index contributed by atoms with van der Waals surface area (Å²) in [6, 6.07) is 13.7. The third kappa shape index (κ3) is 5.01. The van der Waals surface area contributed by atoms with Gasteiger partial charge in [-0.1, -0.05) is 29.8 Å². The summed E-state index contributed by atoms with van der Waals surface area (Å²) >= 11 is 0. The maximum absolute atomic E-state index is 12.2. The van der Waals surface area contributed by atoms with Crippen LogP contribution in [0, 0.1) is 6.92 Å². The van der Waals surface area contributed by atoms with Gasteiger partial charge in [0.05, 0.1) is 12.5 Å². The number of para-hydroxylation sites is 1. The van der Waals surface area contributed by atoms with E-state index in [1.165, 1.54) is 0 Å². The molecule has 1 heterocycles. The van der Waals surface area contributed by atoms with Gasteiger partial charge in [-0.2, -0.15) is 0 Å². The molecule has 7 heteroatoms. The second-order valence-corrected chi connectivity index (χ2v) is 6.46. The van der Waals surface area contributed by atoms with Gasteiger partial charge in [-0.05, 0) is 37.1 Å². The lowest BCUT2D eigenvalue weighted by Crippen LogP contribution is -2.30. The van der Waals surface area contributed by atoms with Gasteiger partial charge < -0.3 is 19.2 Å². The van der Waals surface area contributed by atoms with Crippen LogP contribution in [-0.2, 0) is 16.0 Å². The number of hydrogen-bond donors (Lipinski definition) is 1. The Kier molecular flexibility index (Phi) is 6.29. The molecule has 7 nitrogen and oxygen atoms in total. The molecule has 0 saturated carbocycles. The van der Waals surface area contributed by atoms with E-state index in [0.717, 1.165) is 22.9 Å². The SMILES string of the molecule is COc1ccccc1CCNC(=O)COC(=O)c1cc(=O)c2cc(C)ccc2o1. The van der Waals surface area contributed by atoms with Crippen molar-refractivity contribution in [1.82, 2.24) is 5.32 Å². The van der Waals surface area contributed by atoms with Crippen LogP contribution in [-0.4, -0.2) is 32.1 Å². The molecular formula is C22H21NO6. The van der Waals surface area contributed by atoms with Crippen molar-refractivity contribution in [2.24, 2.45) is 0 Å². The summed E-state index contributed by atoms with van der Waals surface area (Å²) in [6.07, 6.45) is 0.572. The van der Waals surface area contributed by atoms with Crippen LogP contribution < -0.4 is 15.5 Å². The average molecular weight is 395 g/mol. The first-order chi connectivity index (χ1) is 14.0. The van der Waals surface area contributed by atoms with Crippen LogP contribution >= 0.6 is 0 Å². The predicted octanol–water partition coefficient (Wildman–Crippen LogP) is 2.63. The Balaban J connectivity index is 1.54. The van der Waals surface area contributed by atoms with Crippen molar-refractivity contribution in [3.8, 4) is 5.75 Å². The molecular weight excluding hydrogens is 374 g/mol. The normalized spacial score (nSPS) is 10.6. The second-order valence-electron chi connectivity index (χ2n) is 6.46. The maximum atomic E-state index is 12.2. The number of methoxy groups -OCH3 is 1. The summed E-state index contributed by atoms with van der Waals surface area (Å²) in [5, 5.41) is 3.06. The summed E-state index contributed by atoms with van der Waals surface area (Å²) in [6.45, 7) is 1.75. The van der Waals surface area contributed by atoms with E-state index in [2.05, 4.69) is 5.32 Å². The quantitative estimate of drug-likeness (QED) is 0.618. The highest BCUT2D eigenvalue weighted by Gasteiger charge is 2.15. The molecule has 0 fully saturated rings. The lowest BCUT2D eigenvalue weighted by atomic mass is 10.1. The molecule has 150 valence electrons. The Labute approximate surface area is 167 Å². The molecule has 3 rings (SSSR count). The van der Waals surface area contributed by atoms with Crippen molar-refractivity contribution in [2.45, 2.75) is 13.3 Å². The number of hydrogen-bond acceptors (Lipinski definition) is 6. The number of benzene rings is 2. The first-order valence-electron chi connectivity index (χ1n) is 9.08. The standard InChI is InChI=1S/C22H21NO6/c1-14-7-8-19-16(11-14)17(24)12-20(29-19)22(26)28-13-21(25)23-10-9-15-5-3-4-6-18(15)27-2/h3-8,11-12H,9-10,13H2,1-2H3,(H,23,25). The minimum absolute atomic E-state index is 0.242. The number of amides is 1. The van der Waals surface area contributed by atoms with Gasteiger partial charge in [0.1, 0.15) is 11.3 Å². The molecule has 0 radical (unpaired) electrons. The van der Waals surface area contributed by atoms with Crippen molar-refractivity contribution in [3.63, 3.8) is 0 Å². The fourth-order valence-corrected chi connectivity index (χ4v) is 2.87. The van der Waals surface area contributed by atoms with E-state index < -0.39 is 18.5 Å². The number of fused-ring (bicyclic) bond motifs is 1. The molecule has 0 spiro atoms. The van der Waals surface area contributed by atoms with E-state index in [4.69, 9.17) is 13.9 Å². The van der Waals surface area contributed by atoms with Gasteiger partial charge in [-0.25, -0.2) is 4.79 Å². The molecule has 0 aliphatic heterocycles. The molecule has 1 amide bonds. The van der Waals surface area contributed by atoms with Gasteiger partial charge >= 0.3 is 5.97 Å². The molecule has 0 aliphatic rings. The fraction of sp³-hybridized carbons (Fsp3) is 0.227. The van der Waals surface area contributed by atoms with Crippen molar-refractivity contribution < 1.29 is 23.5 Å². The van der Waals surface area contributed by atoms with Crippen molar-refractivity contribution in [2.75, 3.05) is 20.3 Å². The number of esters is 1. The summed E-state index contributed by atoms with van der Waals surface area (Å²) in [5.41, 5.74) is 1.81. The van der Waals surface area contributed by atoms with Gasteiger partial charge in [0.2, 0.25) is 5.76 Å². The number of ether oxygens (including phenoxy) is 2. The highest BCUT2D eigenvalue weighted by Crippen LogP contribution is 2.17. The Morgan fingerprint density at radius 3 is 2.69 bits per heavy atom. The van der Waals surface area contributed by atoms with Gasteiger partial charge in [-0.3, -0.25) is 9.59 Å². The van der Waals surface area contributed by atoms with Gasteiger partial charge in [0.25, 0.3) is 5.91 Å². The summed E-state index contributed by atoms with van der Waals surface area (Å²) in [7, 11) is 1.59. The smallest absolute Gasteiger partial charge is 0.374 e. The van der Waals surface area contributed by atoms with Crippen LogP contribution in [0.15, 0.2) is 57.7 Å². The summed E-state index contributed by atoms with van der Waals surface area (Å²) in [5.74, 6) is -0.820. The van der Waals surface area contributed by atoms with Gasteiger partial charge in [0.15, 0.2) is 12.0 Å². The Hall–Kier alpha value is -3.61. The molecule has 1 N–H and O–H groups in total. The number of nitrogens with one attached hydrogen (secondary N) is 1. The van der Waals surface area contributed by atoms with E-state index in [-0.39, 0.29) is 16.8 Å². The Bertz CT molecular complexity index is 1100. The first kappa shape index (κ1) is 20.1. The van der Waals surface area contributed by atoms with E-state index in [9.17, 15) is 14.4 Å². The van der Waals surface area contributed by atoms with Gasteiger partial charge in [-0.15, -0.1) is 0 Å². The third-order valence-corrected chi connectivity index (χ3v) is 4.33. The highest BCUT2D eigenvalue weighted by atomic mass is 16.5. The largest absolute Gasteiger partial charge is 0.496 e. The molecule has 29 heavy (non-hydrogen) atoms. The zero-order valence-corrected chi connectivity index (χ0v) is 16.2. The Morgan fingerprint density at radius 2 is 1.90 bits per heavy atom. The molecule has 0 bridgehead atoms. The van der Waals surface area contributed by atoms with Crippen LogP contribution in [0.25, 0.3) is 11.0 Å². The number of carbonyl (C=O) groups is 2. The number of carbonyl (C=O) groups excluding carboxylic acids is 2. The molecule has 1 aromatic heterocycles. The fourth-order valence-electron chi connectivity index (χ4n) is 2.87. The van der Waals surface area contributed by atoms with E-state index in [1.54, 1.807) is 25.3 Å². The van der Waals surface area contributed by atoms with Crippen LogP contribution in [0.3, 0.4) is 0 Å². The molecule has 3 aromatic rings.